The fourth-order valence-corrected chi connectivity index (χ4v) is 2.85. The first-order chi connectivity index (χ1) is 7.85. The van der Waals surface area contributed by atoms with Gasteiger partial charge < -0.3 is 14.6 Å². The smallest absolute Gasteiger partial charge is 0.315 e. The zero-order chi connectivity index (χ0) is 12.7. The van der Waals surface area contributed by atoms with E-state index in [1.807, 2.05) is 0 Å². The van der Waals surface area contributed by atoms with Gasteiger partial charge in [0.1, 0.15) is 11.0 Å². The van der Waals surface area contributed by atoms with Crippen LogP contribution in [0.1, 0.15) is 25.7 Å². The maximum Gasteiger partial charge on any atom is 0.315 e. The monoisotopic (exact) mass is 250 g/mol. The molecule has 1 heterocycles. The van der Waals surface area contributed by atoms with Gasteiger partial charge in [0.05, 0.1) is 13.7 Å². The molecule has 0 aromatic rings. The van der Waals surface area contributed by atoms with Crippen LogP contribution in [0, 0.1) is 5.41 Å². The minimum absolute atomic E-state index is 0.0851. The normalized spacial score (nSPS) is 34.8. The molecule has 4 nitrogen and oxygen atoms in total. The number of hydrogen-bond donors (Lipinski definition) is 1. The first-order valence-corrected chi connectivity index (χ1v) is 5.62. The Hall–Kier alpha value is -0.750. The number of rotatable bonds is 2. The molecule has 1 unspecified atom stereocenters. The van der Waals surface area contributed by atoms with E-state index in [4.69, 9.17) is 4.74 Å². The van der Waals surface area contributed by atoms with E-state index in [1.54, 1.807) is 0 Å². The highest BCUT2D eigenvalue weighted by Crippen LogP contribution is 2.59. The summed E-state index contributed by atoms with van der Waals surface area (Å²) in [7, 11) is 1.15. The number of aliphatic hydroxyl groups is 1. The molecule has 2 rings (SSSR count). The highest BCUT2D eigenvalue weighted by atomic mass is 19.3. The summed E-state index contributed by atoms with van der Waals surface area (Å²) in [4.78, 5) is 11.7. The van der Waals surface area contributed by atoms with E-state index in [-0.39, 0.29) is 13.0 Å². The second kappa shape index (κ2) is 3.88. The molecule has 17 heavy (non-hydrogen) atoms. The van der Waals surface area contributed by atoms with Crippen molar-refractivity contribution >= 4 is 5.97 Å². The molecule has 0 spiro atoms. The van der Waals surface area contributed by atoms with Crippen LogP contribution in [0.4, 0.5) is 8.78 Å². The number of hydrogen-bond acceptors (Lipinski definition) is 4. The highest BCUT2D eigenvalue weighted by Gasteiger charge is 2.70. The molecule has 2 aliphatic rings. The Balaban J connectivity index is 2.25. The molecule has 0 amide bonds. The van der Waals surface area contributed by atoms with Gasteiger partial charge in [0.15, 0.2) is 0 Å². The zero-order valence-corrected chi connectivity index (χ0v) is 9.67. The van der Waals surface area contributed by atoms with Gasteiger partial charge in [-0.2, -0.15) is 0 Å². The van der Waals surface area contributed by atoms with Crippen molar-refractivity contribution in [2.75, 3.05) is 20.3 Å². The third-order valence-electron chi connectivity index (χ3n) is 3.81. The Morgan fingerprint density at radius 1 is 1.41 bits per heavy atom. The van der Waals surface area contributed by atoms with Gasteiger partial charge in [0.25, 0.3) is 5.92 Å². The summed E-state index contributed by atoms with van der Waals surface area (Å²) in [5.41, 5.74) is -3.04. The second-order valence-electron chi connectivity index (χ2n) is 4.97. The molecular weight excluding hydrogens is 234 g/mol. The van der Waals surface area contributed by atoms with Crippen LogP contribution in [-0.4, -0.2) is 42.9 Å². The zero-order valence-electron chi connectivity index (χ0n) is 9.67. The van der Waals surface area contributed by atoms with Crippen LogP contribution in [0.5, 0.6) is 0 Å². The Labute approximate surface area is 97.9 Å². The quantitative estimate of drug-likeness (QED) is 0.746. The molecule has 0 bridgehead atoms. The number of esters is 1. The Kier molecular flexibility index (Phi) is 2.90. The van der Waals surface area contributed by atoms with Crippen molar-refractivity contribution in [3.63, 3.8) is 0 Å². The third kappa shape index (κ3) is 1.83. The molecule has 1 saturated carbocycles. The lowest BCUT2D eigenvalue weighted by molar-refractivity contribution is -0.264. The molecule has 0 aromatic carbocycles. The molecular formula is C11H16F2O4. The van der Waals surface area contributed by atoms with Gasteiger partial charge in [-0.1, -0.05) is 0 Å². The third-order valence-corrected chi connectivity index (χ3v) is 3.81. The van der Waals surface area contributed by atoms with Crippen molar-refractivity contribution in [2.45, 2.75) is 37.2 Å². The molecule has 1 aliphatic carbocycles. The van der Waals surface area contributed by atoms with Crippen molar-refractivity contribution in [3.8, 4) is 0 Å². The average molecular weight is 250 g/mol. The number of ether oxygens (including phenoxy) is 2. The molecule has 1 aliphatic heterocycles. The molecule has 2 fully saturated rings. The predicted molar refractivity (Wildman–Crippen MR) is 53.6 cm³/mol. The van der Waals surface area contributed by atoms with E-state index in [0.29, 0.717) is 13.0 Å². The largest absolute Gasteiger partial charge is 0.469 e. The Bertz CT molecular complexity index is 315. The standard InChI is InChI=1S/C11H16F2O4/c1-16-8(14)9(5-11(12,13)6-9)10(15)3-2-4-17-7-10/h15H,2-7H2,1H3. The lowest BCUT2D eigenvalue weighted by Crippen LogP contribution is -2.67. The lowest BCUT2D eigenvalue weighted by atomic mass is 9.55. The number of carbonyl (C=O) groups excluding carboxylic acids is 1. The molecule has 6 heteroatoms. The van der Waals surface area contributed by atoms with Crippen molar-refractivity contribution in [2.24, 2.45) is 5.41 Å². The first-order valence-electron chi connectivity index (χ1n) is 5.62. The van der Waals surface area contributed by atoms with Crippen LogP contribution in [0.25, 0.3) is 0 Å². The van der Waals surface area contributed by atoms with Crippen molar-refractivity contribution in [1.82, 2.24) is 0 Å². The summed E-state index contributed by atoms with van der Waals surface area (Å²) in [5.74, 6) is -3.67. The second-order valence-corrected chi connectivity index (χ2v) is 4.97. The average Bonchev–Trinajstić information content (AvgIpc) is 2.25. The first kappa shape index (κ1) is 12.7. The van der Waals surface area contributed by atoms with E-state index in [0.717, 1.165) is 7.11 Å². The minimum atomic E-state index is -2.90. The van der Waals surface area contributed by atoms with Crippen molar-refractivity contribution < 1.29 is 28.2 Å². The van der Waals surface area contributed by atoms with E-state index < -0.39 is 35.7 Å². The van der Waals surface area contributed by atoms with E-state index in [2.05, 4.69) is 4.74 Å². The molecule has 1 saturated heterocycles. The van der Waals surface area contributed by atoms with Crippen molar-refractivity contribution in [1.29, 1.82) is 0 Å². The van der Waals surface area contributed by atoms with Crippen molar-refractivity contribution in [3.05, 3.63) is 0 Å². The van der Waals surface area contributed by atoms with Crippen LogP contribution in [0.15, 0.2) is 0 Å². The molecule has 1 atom stereocenters. The molecule has 0 aromatic heterocycles. The van der Waals surface area contributed by atoms with Crippen LogP contribution in [-0.2, 0) is 14.3 Å². The van der Waals surface area contributed by atoms with Gasteiger partial charge in [-0.05, 0) is 12.8 Å². The van der Waals surface area contributed by atoms with E-state index in [1.165, 1.54) is 0 Å². The SMILES string of the molecule is COC(=O)C1(C2(O)CCCOC2)CC(F)(F)C1. The minimum Gasteiger partial charge on any atom is -0.469 e. The van der Waals surface area contributed by atoms with Gasteiger partial charge >= 0.3 is 5.97 Å². The number of carbonyl (C=O) groups is 1. The summed E-state index contributed by atoms with van der Waals surface area (Å²) in [6, 6.07) is 0. The Morgan fingerprint density at radius 3 is 2.47 bits per heavy atom. The van der Waals surface area contributed by atoms with Crippen LogP contribution in [0.2, 0.25) is 0 Å². The van der Waals surface area contributed by atoms with Crippen LogP contribution in [0.3, 0.4) is 0 Å². The lowest BCUT2D eigenvalue weighted by Gasteiger charge is -2.54. The maximum atomic E-state index is 13.1. The number of halogens is 2. The van der Waals surface area contributed by atoms with Gasteiger partial charge in [0, 0.05) is 19.4 Å². The summed E-state index contributed by atoms with van der Waals surface area (Å²) in [6.45, 7) is 0.397. The summed E-state index contributed by atoms with van der Waals surface area (Å²) in [6.07, 6.45) is -0.474. The number of alkyl halides is 2. The van der Waals surface area contributed by atoms with E-state index in [9.17, 15) is 18.7 Å². The molecule has 0 radical (unpaired) electrons. The summed E-state index contributed by atoms with van der Waals surface area (Å²) >= 11 is 0. The molecule has 1 N–H and O–H groups in total. The van der Waals surface area contributed by atoms with Crippen LogP contribution >= 0.6 is 0 Å². The number of methoxy groups -OCH3 is 1. The van der Waals surface area contributed by atoms with Gasteiger partial charge in [0.2, 0.25) is 0 Å². The van der Waals surface area contributed by atoms with Crippen LogP contribution < -0.4 is 0 Å². The van der Waals surface area contributed by atoms with Gasteiger partial charge in [-0.3, -0.25) is 4.79 Å². The predicted octanol–water partition coefficient (Wildman–Crippen LogP) is 1.12. The topological polar surface area (TPSA) is 55.8 Å². The fourth-order valence-electron chi connectivity index (χ4n) is 2.85. The maximum absolute atomic E-state index is 13.1. The van der Waals surface area contributed by atoms with E-state index >= 15 is 0 Å². The Morgan fingerprint density at radius 2 is 2.06 bits per heavy atom. The summed E-state index contributed by atoms with van der Waals surface area (Å²) < 4.78 is 35.9. The van der Waals surface area contributed by atoms with Gasteiger partial charge in [-0.15, -0.1) is 0 Å². The summed E-state index contributed by atoms with van der Waals surface area (Å²) in [5, 5.41) is 10.4. The fraction of sp³-hybridized carbons (Fsp3) is 0.909. The highest BCUT2D eigenvalue weighted by molar-refractivity contribution is 5.80. The molecule has 98 valence electrons. The van der Waals surface area contributed by atoms with Gasteiger partial charge in [-0.25, -0.2) is 8.78 Å².